The van der Waals surface area contributed by atoms with Crippen LogP contribution in [0.2, 0.25) is 0 Å². The Hall–Kier alpha value is -1.18. The molecular weight excluding hydrogens is 253 g/mol. The molecule has 1 unspecified atom stereocenters. The standard InChI is InChI=1S/C10H9F3N2OS/c11-10(12,13)5-1-2-8-7(3-5)15-9(17-8)6(14)4-16/h1-3,6,16H,4,14H2. The summed E-state index contributed by atoms with van der Waals surface area (Å²) in [6.45, 7) is -0.286. The van der Waals surface area contributed by atoms with Crippen molar-refractivity contribution in [1.29, 1.82) is 0 Å². The maximum atomic E-state index is 12.5. The first-order valence-corrected chi connectivity index (χ1v) is 5.57. The number of aliphatic hydroxyl groups is 1. The molecule has 3 N–H and O–H groups in total. The fourth-order valence-corrected chi connectivity index (χ4v) is 2.30. The zero-order chi connectivity index (χ0) is 12.6. The number of nitrogens with two attached hydrogens (primary N) is 1. The maximum Gasteiger partial charge on any atom is 0.416 e. The highest BCUT2D eigenvalue weighted by Crippen LogP contribution is 2.33. The SMILES string of the molecule is NC(CO)c1nc2cc(C(F)(F)F)ccc2s1. The molecule has 3 nitrogen and oxygen atoms in total. The fraction of sp³-hybridized carbons (Fsp3) is 0.300. The van der Waals surface area contributed by atoms with Gasteiger partial charge in [-0.15, -0.1) is 11.3 Å². The zero-order valence-corrected chi connectivity index (χ0v) is 9.35. The Morgan fingerprint density at radius 1 is 1.41 bits per heavy atom. The predicted molar refractivity (Wildman–Crippen MR) is 58.6 cm³/mol. The van der Waals surface area contributed by atoms with Gasteiger partial charge in [-0.05, 0) is 18.2 Å². The van der Waals surface area contributed by atoms with Gasteiger partial charge in [0.2, 0.25) is 0 Å². The van der Waals surface area contributed by atoms with Gasteiger partial charge in [-0.2, -0.15) is 13.2 Å². The molecule has 17 heavy (non-hydrogen) atoms. The van der Waals surface area contributed by atoms with Crippen molar-refractivity contribution in [2.24, 2.45) is 5.73 Å². The van der Waals surface area contributed by atoms with Gasteiger partial charge in [0.15, 0.2) is 0 Å². The zero-order valence-electron chi connectivity index (χ0n) is 8.53. The van der Waals surface area contributed by atoms with Crippen LogP contribution in [0.3, 0.4) is 0 Å². The van der Waals surface area contributed by atoms with Crippen LogP contribution in [0, 0.1) is 0 Å². The van der Waals surface area contributed by atoms with E-state index in [-0.39, 0.29) is 12.1 Å². The molecule has 0 amide bonds. The van der Waals surface area contributed by atoms with Crippen LogP contribution in [0.15, 0.2) is 18.2 Å². The number of thiazole rings is 1. The molecule has 7 heteroatoms. The smallest absolute Gasteiger partial charge is 0.394 e. The number of benzene rings is 1. The van der Waals surface area contributed by atoms with E-state index in [1.54, 1.807) is 0 Å². The van der Waals surface area contributed by atoms with Crippen molar-refractivity contribution >= 4 is 21.6 Å². The monoisotopic (exact) mass is 262 g/mol. The van der Waals surface area contributed by atoms with Crippen molar-refractivity contribution in [3.63, 3.8) is 0 Å². The molecule has 2 rings (SSSR count). The van der Waals surface area contributed by atoms with Gasteiger partial charge in [-0.1, -0.05) is 0 Å². The number of rotatable bonds is 2. The van der Waals surface area contributed by atoms with Gasteiger partial charge in [0.05, 0.1) is 28.4 Å². The second-order valence-corrected chi connectivity index (χ2v) is 4.58. The third-order valence-corrected chi connectivity index (χ3v) is 3.41. The Labute approximate surface area is 98.7 Å². The lowest BCUT2D eigenvalue weighted by molar-refractivity contribution is -0.137. The summed E-state index contributed by atoms with van der Waals surface area (Å²) < 4.78 is 38.0. The molecule has 1 heterocycles. The molecule has 0 aliphatic heterocycles. The van der Waals surface area contributed by atoms with Gasteiger partial charge in [-0.3, -0.25) is 0 Å². The number of fused-ring (bicyclic) bond motifs is 1. The van der Waals surface area contributed by atoms with Crippen LogP contribution in [0.4, 0.5) is 13.2 Å². The lowest BCUT2D eigenvalue weighted by Crippen LogP contribution is -2.13. The number of alkyl halides is 3. The van der Waals surface area contributed by atoms with Crippen molar-refractivity contribution in [2.75, 3.05) is 6.61 Å². The lowest BCUT2D eigenvalue weighted by atomic mass is 10.2. The summed E-state index contributed by atoms with van der Waals surface area (Å²) in [5.74, 6) is 0. The highest BCUT2D eigenvalue weighted by molar-refractivity contribution is 7.18. The van der Waals surface area contributed by atoms with Crippen molar-refractivity contribution in [3.05, 3.63) is 28.8 Å². The Bertz CT molecular complexity index is 538. The van der Waals surface area contributed by atoms with Crippen LogP contribution in [-0.2, 0) is 6.18 Å². The minimum absolute atomic E-state index is 0.253. The van der Waals surface area contributed by atoms with Crippen molar-refractivity contribution in [2.45, 2.75) is 12.2 Å². The van der Waals surface area contributed by atoms with E-state index >= 15 is 0 Å². The third kappa shape index (κ3) is 2.41. The minimum Gasteiger partial charge on any atom is -0.394 e. The fourth-order valence-electron chi connectivity index (χ4n) is 1.36. The van der Waals surface area contributed by atoms with E-state index in [1.165, 1.54) is 17.4 Å². The molecule has 0 aliphatic rings. The molecule has 0 spiro atoms. The largest absolute Gasteiger partial charge is 0.416 e. The molecule has 92 valence electrons. The van der Waals surface area contributed by atoms with Gasteiger partial charge in [0.25, 0.3) is 0 Å². The van der Waals surface area contributed by atoms with E-state index in [0.29, 0.717) is 9.71 Å². The summed E-state index contributed by atoms with van der Waals surface area (Å²) >= 11 is 1.19. The topological polar surface area (TPSA) is 59.1 Å². The molecule has 0 radical (unpaired) electrons. The molecule has 0 saturated carbocycles. The third-order valence-electron chi connectivity index (χ3n) is 2.25. The number of hydrogen-bond acceptors (Lipinski definition) is 4. The Balaban J connectivity index is 2.48. The molecule has 0 fully saturated rings. The number of nitrogens with zero attached hydrogens (tertiary/aromatic N) is 1. The van der Waals surface area contributed by atoms with Crippen LogP contribution < -0.4 is 5.73 Å². The molecule has 1 atom stereocenters. The Morgan fingerprint density at radius 3 is 2.71 bits per heavy atom. The first-order valence-electron chi connectivity index (χ1n) is 4.76. The van der Waals surface area contributed by atoms with E-state index in [4.69, 9.17) is 10.8 Å². The highest BCUT2D eigenvalue weighted by atomic mass is 32.1. The maximum absolute atomic E-state index is 12.5. The summed E-state index contributed by atoms with van der Waals surface area (Å²) in [6.07, 6.45) is -4.38. The number of hydrogen-bond donors (Lipinski definition) is 2. The number of aromatic nitrogens is 1. The molecule has 2 aromatic rings. The average molecular weight is 262 g/mol. The normalized spacial score (nSPS) is 14.2. The van der Waals surface area contributed by atoms with E-state index in [0.717, 1.165) is 12.1 Å². The summed E-state index contributed by atoms with van der Waals surface area (Å²) in [5, 5.41) is 9.29. The second-order valence-electron chi connectivity index (χ2n) is 3.52. The van der Waals surface area contributed by atoms with Crippen molar-refractivity contribution < 1.29 is 18.3 Å². The van der Waals surface area contributed by atoms with Crippen LogP contribution >= 0.6 is 11.3 Å². The Morgan fingerprint density at radius 2 is 2.12 bits per heavy atom. The average Bonchev–Trinajstić information content (AvgIpc) is 2.69. The molecular formula is C10H9F3N2OS. The summed E-state index contributed by atoms with van der Waals surface area (Å²) in [4.78, 5) is 3.99. The van der Waals surface area contributed by atoms with Gasteiger partial charge in [0, 0.05) is 0 Å². The predicted octanol–water partition coefficient (Wildman–Crippen LogP) is 2.31. The van der Waals surface area contributed by atoms with Crippen LogP contribution in [0.5, 0.6) is 0 Å². The Kier molecular flexibility index (Phi) is 3.07. The van der Waals surface area contributed by atoms with Crippen LogP contribution in [-0.4, -0.2) is 16.7 Å². The van der Waals surface area contributed by atoms with E-state index in [2.05, 4.69) is 4.98 Å². The summed E-state index contributed by atoms with van der Waals surface area (Å²) in [6, 6.07) is 2.71. The van der Waals surface area contributed by atoms with E-state index in [9.17, 15) is 13.2 Å². The van der Waals surface area contributed by atoms with E-state index in [1.807, 2.05) is 0 Å². The first kappa shape index (κ1) is 12.3. The molecule has 0 saturated heterocycles. The van der Waals surface area contributed by atoms with Gasteiger partial charge >= 0.3 is 6.18 Å². The summed E-state index contributed by atoms with van der Waals surface area (Å²) in [7, 11) is 0. The van der Waals surface area contributed by atoms with Crippen molar-refractivity contribution in [3.8, 4) is 0 Å². The quantitative estimate of drug-likeness (QED) is 0.873. The van der Waals surface area contributed by atoms with Crippen molar-refractivity contribution in [1.82, 2.24) is 4.98 Å². The van der Waals surface area contributed by atoms with Gasteiger partial charge < -0.3 is 10.8 Å². The molecule has 1 aromatic carbocycles. The second kappa shape index (κ2) is 4.25. The molecule has 1 aromatic heterocycles. The minimum atomic E-state index is -4.38. The number of halogens is 3. The first-order chi connectivity index (χ1) is 7.91. The highest BCUT2D eigenvalue weighted by Gasteiger charge is 2.30. The van der Waals surface area contributed by atoms with Gasteiger partial charge in [-0.25, -0.2) is 4.98 Å². The summed E-state index contributed by atoms with van der Waals surface area (Å²) in [5.41, 5.74) is 5.07. The lowest BCUT2D eigenvalue weighted by Gasteiger charge is -2.04. The molecule has 0 aliphatic carbocycles. The van der Waals surface area contributed by atoms with E-state index < -0.39 is 17.8 Å². The van der Waals surface area contributed by atoms with Gasteiger partial charge in [0.1, 0.15) is 5.01 Å². The molecule has 0 bridgehead atoms. The van der Waals surface area contributed by atoms with Crippen LogP contribution in [0.25, 0.3) is 10.2 Å². The number of aliphatic hydroxyl groups excluding tert-OH is 1. The van der Waals surface area contributed by atoms with Crippen LogP contribution in [0.1, 0.15) is 16.6 Å².